The Kier molecular flexibility index (Phi) is 5.28. The van der Waals surface area contributed by atoms with Gasteiger partial charge in [-0.25, -0.2) is 0 Å². The lowest BCUT2D eigenvalue weighted by molar-refractivity contribution is 0.0756. The van der Waals surface area contributed by atoms with Gasteiger partial charge in [-0.15, -0.1) is 0 Å². The Hall–Kier alpha value is -4.14. The summed E-state index contributed by atoms with van der Waals surface area (Å²) in [5.41, 5.74) is 6.15. The topological polar surface area (TPSA) is 23.5 Å². The van der Waals surface area contributed by atoms with Crippen molar-refractivity contribution in [2.45, 2.75) is 25.1 Å². The normalized spacial score (nSPS) is 18.1. The van der Waals surface area contributed by atoms with Crippen LogP contribution in [0.4, 0.5) is 5.69 Å². The van der Waals surface area contributed by atoms with Crippen molar-refractivity contribution < 1.29 is 5.11 Å². The average molecular weight is 468 g/mol. The molecule has 176 valence electrons. The van der Waals surface area contributed by atoms with E-state index in [9.17, 15) is 5.11 Å². The number of aryl methyl sites for hydroxylation is 2. The van der Waals surface area contributed by atoms with E-state index in [2.05, 4.69) is 134 Å². The maximum atomic E-state index is 13.1. The summed E-state index contributed by atoms with van der Waals surface area (Å²) in [6.07, 6.45) is 0. The Bertz CT molecular complexity index is 1450. The molecule has 0 aliphatic carbocycles. The number of nitrogens with zero attached hydrogens (tertiary/aromatic N) is 1. The van der Waals surface area contributed by atoms with E-state index in [1.54, 1.807) is 0 Å². The fraction of sp³-hybridized carbons (Fsp3) is 0.118. The summed E-state index contributed by atoms with van der Waals surface area (Å²) >= 11 is 0. The van der Waals surface area contributed by atoms with Crippen LogP contribution in [0.15, 0.2) is 133 Å². The molecule has 0 saturated carbocycles. The molecular weight excluding hydrogens is 438 g/mol. The standard InChI is InChI=1S/C34H29NO/c1-25-17-21-29(22-18-25)34(36)32-16-10-9-15-31(32)33(27-11-5-3-6-12-27,28-13-7-4-8-14-28)35(34)30-23-19-26(2)20-24-30/h3-24,36H,1-2H3. The highest BCUT2D eigenvalue weighted by Gasteiger charge is 2.60. The molecule has 1 aliphatic rings. The van der Waals surface area contributed by atoms with Crippen molar-refractivity contribution in [2.24, 2.45) is 0 Å². The summed E-state index contributed by atoms with van der Waals surface area (Å²) in [7, 11) is 0. The average Bonchev–Trinajstić information content (AvgIpc) is 3.17. The van der Waals surface area contributed by atoms with Gasteiger partial charge in [0.1, 0.15) is 5.54 Å². The third-order valence-corrected chi connectivity index (χ3v) is 7.48. The second-order valence-electron chi connectivity index (χ2n) is 9.70. The molecule has 2 nitrogen and oxygen atoms in total. The maximum Gasteiger partial charge on any atom is 0.193 e. The van der Waals surface area contributed by atoms with Crippen LogP contribution in [0.3, 0.4) is 0 Å². The smallest absolute Gasteiger partial charge is 0.193 e. The summed E-state index contributed by atoms with van der Waals surface area (Å²) in [5.74, 6) is 0. The first kappa shape index (κ1) is 22.3. The third kappa shape index (κ3) is 3.15. The molecule has 1 heterocycles. The van der Waals surface area contributed by atoms with E-state index in [1.807, 2.05) is 18.2 Å². The van der Waals surface area contributed by atoms with Gasteiger partial charge >= 0.3 is 0 Å². The molecule has 1 unspecified atom stereocenters. The second-order valence-corrected chi connectivity index (χ2v) is 9.70. The summed E-state index contributed by atoms with van der Waals surface area (Å²) in [6, 6.07) is 46.2. The highest BCUT2D eigenvalue weighted by atomic mass is 16.3. The minimum Gasteiger partial charge on any atom is -0.363 e. The fourth-order valence-electron chi connectivity index (χ4n) is 5.83. The minimum atomic E-state index is -1.40. The van der Waals surface area contributed by atoms with E-state index in [0.29, 0.717) is 0 Å². The van der Waals surface area contributed by atoms with Gasteiger partial charge in [-0.2, -0.15) is 0 Å². The first-order chi connectivity index (χ1) is 17.6. The van der Waals surface area contributed by atoms with Crippen molar-refractivity contribution in [2.75, 3.05) is 4.90 Å². The van der Waals surface area contributed by atoms with Crippen LogP contribution in [0.5, 0.6) is 0 Å². The highest BCUT2D eigenvalue weighted by Crippen LogP contribution is 2.59. The molecule has 5 aromatic carbocycles. The van der Waals surface area contributed by atoms with Crippen molar-refractivity contribution in [1.82, 2.24) is 0 Å². The molecule has 0 saturated heterocycles. The Morgan fingerprint density at radius 3 is 1.44 bits per heavy atom. The minimum absolute atomic E-state index is 0.756. The van der Waals surface area contributed by atoms with E-state index < -0.39 is 11.3 Å². The van der Waals surface area contributed by atoms with Crippen molar-refractivity contribution >= 4 is 5.69 Å². The number of fused-ring (bicyclic) bond motifs is 1. The monoisotopic (exact) mass is 467 g/mol. The van der Waals surface area contributed by atoms with E-state index in [-0.39, 0.29) is 0 Å². The molecule has 0 bridgehead atoms. The maximum absolute atomic E-state index is 13.1. The lowest BCUT2D eigenvalue weighted by atomic mass is 9.77. The zero-order valence-corrected chi connectivity index (χ0v) is 20.6. The molecule has 5 aromatic rings. The molecule has 1 N–H and O–H groups in total. The lowest BCUT2D eigenvalue weighted by Gasteiger charge is -2.47. The predicted octanol–water partition coefficient (Wildman–Crippen LogP) is 7.31. The van der Waals surface area contributed by atoms with Crippen LogP contribution in [0.2, 0.25) is 0 Å². The largest absolute Gasteiger partial charge is 0.363 e. The molecule has 36 heavy (non-hydrogen) atoms. The van der Waals surface area contributed by atoms with Gasteiger partial charge in [0, 0.05) is 16.8 Å². The molecule has 1 aliphatic heterocycles. The van der Waals surface area contributed by atoms with Gasteiger partial charge in [0.15, 0.2) is 5.72 Å². The highest BCUT2D eigenvalue weighted by molar-refractivity contribution is 5.73. The summed E-state index contributed by atoms with van der Waals surface area (Å²) in [4.78, 5) is 2.22. The van der Waals surface area contributed by atoms with Crippen molar-refractivity contribution in [1.29, 1.82) is 0 Å². The van der Waals surface area contributed by atoms with Gasteiger partial charge in [-0.05, 0) is 42.7 Å². The molecule has 2 heteroatoms. The van der Waals surface area contributed by atoms with Crippen LogP contribution in [-0.4, -0.2) is 5.11 Å². The first-order valence-electron chi connectivity index (χ1n) is 12.4. The van der Waals surface area contributed by atoms with E-state index in [4.69, 9.17) is 0 Å². The Balaban J connectivity index is 1.80. The molecule has 0 fully saturated rings. The molecule has 0 aromatic heterocycles. The van der Waals surface area contributed by atoms with Crippen molar-refractivity contribution in [3.63, 3.8) is 0 Å². The molecule has 0 amide bonds. The molecule has 6 rings (SSSR count). The van der Waals surface area contributed by atoms with Gasteiger partial charge in [-0.3, -0.25) is 0 Å². The SMILES string of the molecule is Cc1ccc(N2C(O)(c3ccc(C)cc3)c3ccccc3C2(c2ccccc2)c2ccccc2)cc1. The number of hydrogen-bond donors (Lipinski definition) is 1. The molecule has 1 atom stereocenters. The number of hydrogen-bond acceptors (Lipinski definition) is 2. The van der Waals surface area contributed by atoms with Crippen LogP contribution in [0.25, 0.3) is 0 Å². The summed E-state index contributed by atoms with van der Waals surface area (Å²) in [6.45, 7) is 4.17. The van der Waals surface area contributed by atoms with E-state index in [1.165, 1.54) is 5.56 Å². The molecular formula is C34H29NO. The molecule has 0 radical (unpaired) electrons. The number of anilines is 1. The van der Waals surface area contributed by atoms with Crippen LogP contribution in [0.1, 0.15) is 38.9 Å². The van der Waals surface area contributed by atoms with Gasteiger partial charge in [0.2, 0.25) is 0 Å². The van der Waals surface area contributed by atoms with Crippen molar-refractivity contribution in [3.8, 4) is 0 Å². The number of benzene rings is 5. The van der Waals surface area contributed by atoms with Crippen molar-refractivity contribution in [3.05, 3.63) is 172 Å². The first-order valence-corrected chi connectivity index (χ1v) is 12.4. The van der Waals surface area contributed by atoms with E-state index >= 15 is 0 Å². The zero-order valence-electron chi connectivity index (χ0n) is 20.6. The quantitative estimate of drug-likeness (QED) is 0.300. The summed E-state index contributed by atoms with van der Waals surface area (Å²) in [5, 5.41) is 13.1. The number of rotatable bonds is 4. The molecule has 0 spiro atoms. The van der Waals surface area contributed by atoms with Crippen LogP contribution < -0.4 is 4.90 Å². The Morgan fingerprint density at radius 2 is 0.917 bits per heavy atom. The summed E-state index contributed by atoms with van der Waals surface area (Å²) < 4.78 is 0. The van der Waals surface area contributed by atoms with Crippen LogP contribution in [-0.2, 0) is 11.3 Å². The zero-order chi connectivity index (χ0) is 24.8. The fourth-order valence-corrected chi connectivity index (χ4v) is 5.83. The second kappa shape index (κ2) is 8.51. The predicted molar refractivity (Wildman–Crippen MR) is 147 cm³/mol. The number of aliphatic hydroxyl groups is 1. The van der Waals surface area contributed by atoms with Crippen LogP contribution >= 0.6 is 0 Å². The van der Waals surface area contributed by atoms with Crippen LogP contribution in [0, 0.1) is 13.8 Å². The lowest BCUT2D eigenvalue weighted by Crippen LogP contribution is -2.53. The Labute approximate surface area is 213 Å². The van der Waals surface area contributed by atoms with Gasteiger partial charge in [-0.1, -0.05) is 132 Å². The Morgan fingerprint density at radius 1 is 0.472 bits per heavy atom. The third-order valence-electron chi connectivity index (χ3n) is 7.48. The van der Waals surface area contributed by atoms with Gasteiger partial charge in [0.05, 0.1) is 0 Å². The van der Waals surface area contributed by atoms with E-state index in [0.717, 1.165) is 39.1 Å². The van der Waals surface area contributed by atoms with Gasteiger partial charge in [0.25, 0.3) is 0 Å². The van der Waals surface area contributed by atoms with Gasteiger partial charge < -0.3 is 10.0 Å².